The molecule has 5 nitrogen and oxygen atoms in total. The number of hydrogen-bond donors (Lipinski definition) is 3. The molecule has 122 valence electrons. The number of aromatic nitrogens is 1. The Labute approximate surface area is 141 Å². The van der Waals surface area contributed by atoms with E-state index in [0.29, 0.717) is 26.8 Å². The highest BCUT2D eigenvalue weighted by Gasteiger charge is 2.11. The Morgan fingerprint density at radius 2 is 2.21 bits per heavy atom. The summed E-state index contributed by atoms with van der Waals surface area (Å²) in [6, 6.07) is 7.19. The van der Waals surface area contributed by atoms with E-state index in [9.17, 15) is 9.90 Å². The van der Waals surface area contributed by atoms with Gasteiger partial charge in [-0.3, -0.25) is 4.79 Å². The molecular weight excluding hydrogens is 328 g/mol. The van der Waals surface area contributed by atoms with Crippen molar-refractivity contribution in [3.8, 4) is 5.75 Å². The Bertz CT molecular complexity index is 1160. The van der Waals surface area contributed by atoms with E-state index in [2.05, 4.69) is 16.9 Å². The smallest absolute Gasteiger partial charge is 0.248 e. The first-order valence-electron chi connectivity index (χ1n) is 7.24. The number of aromatic hydroxyl groups is 1. The second-order valence-electron chi connectivity index (χ2n) is 5.09. The van der Waals surface area contributed by atoms with Gasteiger partial charge in [0.25, 0.3) is 0 Å². The molecule has 0 radical (unpaired) electrons. The fraction of sp³-hybridized carbons (Fsp3) is 0.0556. The fourth-order valence-electron chi connectivity index (χ4n) is 2.49. The lowest BCUT2D eigenvalue weighted by Gasteiger charge is -1.98. The van der Waals surface area contributed by atoms with Gasteiger partial charge in [-0.1, -0.05) is 36.4 Å². The van der Waals surface area contributed by atoms with Gasteiger partial charge in [-0.25, -0.2) is 0 Å². The van der Waals surface area contributed by atoms with Crippen LogP contribution in [-0.4, -0.2) is 10.1 Å². The maximum Gasteiger partial charge on any atom is 0.248 e. The van der Waals surface area contributed by atoms with Gasteiger partial charge in [-0.05, 0) is 25.1 Å². The number of hydrogen-bond acceptors (Lipinski definition) is 4. The molecule has 6 heteroatoms. The quantitative estimate of drug-likeness (QED) is 0.682. The van der Waals surface area contributed by atoms with E-state index < -0.39 is 5.43 Å². The Kier molecular flexibility index (Phi) is 4.18. The van der Waals surface area contributed by atoms with Crippen molar-refractivity contribution in [3.63, 3.8) is 0 Å². The Morgan fingerprint density at radius 3 is 2.88 bits per heavy atom. The fourth-order valence-corrected chi connectivity index (χ4v) is 2.68. The summed E-state index contributed by atoms with van der Waals surface area (Å²) < 4.78 is 5.72. The Hall–Kier alpha value is -2.92. The van der Waals surface area contributed by atoms with Crippen LogP contribution in [0.25, 0.3) is 18.4 Å². The topological polar surface area (TPSA) is 78.3 Å². The molecule has 0 saturated carbocycles. The highest BCUT2D eigenvalue weighted by molar-refractivity contribution is 6.30. The molecule has 0 unspecified atom stereocenters. The average Bonchev–Trinajstić information content (AvgIpc) is 3.00. The molecule has 0 bridgehead atoms. The Balaban J connectivity index is 2.20. The van der Waals surface area contributed by atoms with Crippen molar-refractivity contribution in [1.29, 1.82) is 0 Å². The third-order valence-corrected chi connectivity index (χ3v) is 3.84. The maximum absolute atomic E-state index is 12.3. The molecule has 1 aromatic carbocycles. The average molecular weight is 343 g/mol. The van der Waals surface area contributed by atoms with Crippen molar-refractivity contribution in [2.45, 2.75) is 6.92 Å². The SMILES string of the molecule is C=Cc1c(O)c(=O)c2[nH]/c(=C\Nc3cccc(Cl)c3)oc=2c1=CC. The molecular formula is C18H15ClN2O3. The molecule has 1 heterocycles. The molecule has 1 aliphatic carbocycles. The third kappa shape index (κ3) is 2.70. The zero-order chi connectivity index (χ0) is 17.3. The monoisotopic (exact) mass is 342 g/mol. The lowest BCUT2D eigenvalue weighted by Crippen LogP contribution is -2.17. The van der Waals surface area contributed by atoms with E-state index in [1.807, 2.05) is 12.1 Å². The second kappa shape index (κ2) is 6.29. The van der Waals surface area contributed by atoms with Crippen molar-refractivity contribution in [3.05, 3.63) is 73.2 Å². The number of H-pyrrole nitrogens is 1. The minimum atomic E-state index is -0.531. The van der Waals surface area contributed by atoms with Crippen LogP contribution in [0.4, 0.5) is 5.69 Å². The minimum Gasteiger partial charge on any atom is -0.504 e. The van der Waals surface area contributed by atoms with Crippen molar-refractivity contribution in [2.75, 3.05) is 5.32 Å². The predicted molar refractivity (Wildman–Crippen MR) is 95.3 cm³/mol. The third-order valence-electron chi connectivity index (χ3n) is 3.61. The number of aromatic amines is 1. The molecule has 0 spiro atoms. The second-order valence-corrected chi connectivity index (χ2v) is 5.53. The van der Waals surface area contributed by atoms with Gasteiger partial charge in [-0.15, -0.1) is 0 Å². The van der Waals surface area contributed by atoms with Crippen LogP contribution < -0.4 is 21.5 Å². The molecule has 1 aromatic rings. The van der Waals surface area contributed by atoms with Crippen LogP contribution in [0.1, 0.15) is 12.5 Å². The van der Waals surface area contributed by atoms with E-state index in [0.717, 1.165) is 5.69 Å². The number of halogens is 1. The Morgan fingerprint density at radius 1 is 1.42 bits per heavy atom. The largest absolute Gasteiger partial charge is 0.504 e. The zero-order valence-corrected chi connectivity index (χ0v) is 13.6. The van der Waals surface area contributed by atoms with Crippen LogP contribution in [0.5, 0.6) is 5.75 Å². The van der Waals surface area contributed by atoms with E-state index in [1.165, 1.54) is 6.08 Å². The first kappa shape index (κ1) is 16.0. The number of benzene rings is 1. The summed E-state index contributed by atoms with van der Waals surface area (Å²) in [5.41, 5.74) is 1.31. The summed E-state index contributed by atoms with van der Waals surface area (Å²) >= 11 is 5.93. The minimum absolute atomic E-state index is 0.199. The molecule has 24 heavy (non-hydrogen) atoms. The summed E-state index contributed by atoms with van der Waals surface area (Å²) in [5, 5.41) is 14.5. The molecule has 3 rings (SSSR count). The lowest BCUT2D eigenvalue weighted by molar-refractivity contribution is 0.462. The summed E-state index contributed by atoms with van der Waals surface area (Å²) in [7, 11) is 0. The first-order chi connectivity index (χ1) is 11.5. The van der Waals surface area contributed by atoms with Crippen molar-refractivity contribution in [2.24, 2.45) is 0 Å². The summed E-state index contributed by atoms with van der Waals surface area (Å²) in [4.78, 5) is 15.1. The van der Waals surface area contributed by atoms with Crippen LogP contribution in [0.2, 0.25) is 5.02 Å². The van der Waals surface area contributed by atoms with Gasteiger partial charge in [0.05, 0.1) is 6.20 Å². The zero-order valence-electron chi connectivity index (χ0n) is 12.9. The molecule has 0 saturated heterocycles. The normalized spacial score (nSPS) is 12.8. The highest BCUT2D eigenvalue weighted by atomic mass is 35.5. The highest BCUT2D eigenvalue weighted by Crippen LogP contribution is 2.14. The number of anilines is 1. The van der Waals surface area contributed by atoms with Crippen molar-refractivity contribution >= 4 is 35.6 Å². The number of rotatable bonds is 3. The van der Waals surface area contributed by atoms with Crippen LogP contribution in [0, 0.1) is 10.8 Å². The standard InChI is InChI=1S/C18H15ClN2O3/c1-3-12-13(4-2)18-15(17(23)16(12)22)21-14(24-18)9-20-11-7-5-6-10(19)8-11/h3-9,20-22H,1H2,2H3/b13-4?,14-9+. The van der Waals surface area contributed by atoms with Crippen LogP contribution in [0.15, 0.2) is 40.1 Å². The van der Waals surface area contributed by atoms with Gasteiger partial charge in [-0.2, -0.15) is 0 Å². The van der Waals surface area contributed by atoms with E-state index in [-0.39, 0.29) is 11.1 Å². The maximum atomic E-state index is 12.3. The lowest BCUT2D eigenvalue weighted by atomic mass is 10.1. The number of nitrogens with one attached hydrogen (secondary N) is 2. The van der Waals surface area contributed by atoms with Crippen LogP contribution in [-0.2, 0) is 0 Å². The van der Waals surface area contributed by atoms with Gasteiger partial charge in [0.2, 0.25) is 11.0 Å². The van der Waals surface area contributed by atoms with Gasteiger partial charge >= 0.3 is 0 Å². The summed E-state index contributed by atoms with van der Waals surface area (Å²) in [6.07, 6.45) is 4.76. The van der Waals surface area contributed by atoms with Gasteiger partial charge in [0.15, 0.2) is 11.2 Å². The summed E-state index contributed by atoms with van der Waals surface area (Å²) in [6.45, 7) is 5.43. The van der Waals surface area contributed by atoms with Crippen molar-refractivity contribution in [1.82, 2.24) is 4.98 Å². The molecule has 0 amide bonds. The molecule has 1 aliphatic heterocycles. The van der Waals surface area contributed by atoms with Crippen molar-refractivity contribution < 1.29 is 9.52 Å². The predicted octanol–water partition coefficient (Wildman–Crippen LogP) is 2.35. The summed E-state index contributed by atoms with van der Waals surface area (Å²) in [5.74, 6) is -0.350. The van der Waals surface area contributed by atoms with Crippen LogP contribution in [0.3, 0.4) is 0 Å². The van der Waals surface area contributed by atoms with Gasteiger partial charge in [0.1, 0.15) is 5.35 Å². The van der Waals surface area contributed by atoms with Gasteiger partial charge < -0.3 is 19.8 Å². The first-order valence-corrected chi connectivity index (χ1v) is 7.61. The van der Waals surface area contributed by atoms with E-state index in [1.54, 1.807) is 31.3 Å². The van der Waals surface area contributed by atoms with Gasteiger partial charge in [0, 0.05) is 21.5 Å². The molecule has 0 aromatic heterocycles. The van der Waals surface area contributed by atoms with E-state index >= 15 is 0 Å². The van der Waals surface area contributed by atoms with E-state index in [4.69, 9.17) is 16.0 Å². The molecule has 3 N–H and O–H groups in total. The molecule has 0 atom stereocenters. The molecule has 0 fully saturated rings. The van der Waals surface area contributed by atoms with Crippen LogP contribution >= 0.6 is 11.6 Å². The molecule has 2 aliphatic rings.